The van der Waals surface area contributed by atoms with Gasteiger partial charge in [0.2, 0.25) is 0 Å². The maximum Gasteiger partial charge on any atom is 0.165 e. The Balaban J connectivity index is 1.66. The molecule has 0 radical (unpaired) electrons. The Morgan fingerprint density at radius 1 is 1.28 bits per heavy atom. The van der Waals surface area contributed by atoms with Crippen LogP contribution in [0.4, 0.5) is 10.2 Å². The van der Waals surface area contributed by atoms with E-state index in [2.05, 4.69) is 15.4 Å². The number of rotatable bonds is 4. The van der Waals surface area contributed by atoms with Gasteiger partial charge in [0.05, 0.1) is 17.5 Å². The summed E-state index contributed by atoms with van der Waals surface area (Å²) in [5.74, 6) is -0.388. The lowest BCUT2D eigenvalue weighted by molar-refractivity contribution is 0.0695. The van der Waals surface area contributed by atoms with E-state index < -0.39 is 11.4 Å². The van der Waals surface area contributed by atoms with Crippen LogP contribution in [0.2, 0.25) is 0 Å². The fourth-order valence-corrected chi connectivity index (χ4v) is 5.21. The maximum atomic E-state index is 14.7. The number of carbonyl (C=O) groups excluding carboxylic acids is 1. The van der Waals surface area contributed by atoms with Gasteiger partial charge in [-0.05, 0) is 52.5 Å². The third kappa shape index (κ3) is 3.36. The second-order valence-electron chi connectivity index (χ2n) is 9.53. The predicted octanol–water partition coefficient (Wildman–Crippen LogP) is 2.94. The molecule has 0 aromatic carbocycles. The van der Waals surface area contributed by atoms with Crippen LogP contribution in [0, 0.1) is 5.82 Å². The van der Waals surface area contributed by atoms with Crippen LogP contribution < -0.4 is 11.1 Å². The van der Waals surface area contributed by atoms with Crippen molar-refractivity contribution in [2.75, 3.05) is 5.73 Å². The van der Waals surface area contributed by atoms with Crippen molar-refractivity contribution in [2.24, 2.45) is 0 Å². The van der Waals surface area contributed by atoms with Gasteiger partial charge in [0.1, 0.15) is 22.9 Å². The van der Waals surface area contributed by atoms with Crippen molar-refractivity contribution in [3.8, 4) is 11.1 Å². The van der Waals surface area contributed by atoms with Crippen LogP contribution in [0.5, 0.6) is 0 Å². The molecule has 0 spiro atoms. The van der Waals surface area contributed by atoms with Crippen LogP contribution in [-0.4, -0.2) is 42.6 Å². The van der Waals surface area contributed by atoms with Crippen molar-refractivity contribution in [3.63, 3.8) is 0 Å². The molecular weight excluding hydrogens is 411 g/mol. The van der Waals surface area contributed by atoms with Crippen molar-refractivity contribution >= 4 is 17.2 Å². The summed E-state index contributed by atoms with van der Waals surface area (Å²) < 4.78 is 16.1. The number of nitrogens with zero attached hydrogens (tertiary/aromatic N) is 4. The van der Waals surface area contributed by atoms with Crippen LogP contribution in [0.15, 0.2) is 18.5 Å². The summed E-state index contributed by atoms with van der Waals surface area (Å²) in [6.07, 6.45) is 7.11. The molecule has 2 bridgehead atoms. The minimum atomic E-state index is -1.40. The SMILES string of the molecule is CC(=O)c1c(C2CC3CCC(C2)N3)nc2c(-c3cnc(C(C)(C)O)c(F)c3)cnn2c1N. The number of fused-ring (bicyclic) bond motifs is 3. The van der Waals surface area contributed by atoms with E-state index in [1.807, 2.05) is 0 Å². The molecule has 5 heterocycles. The zero-order valence-electron chi connectivity index (χ0n) is 18.4. The van der Waals surface area contributed by atoms with Gasteiger partial charge < -0.3 is 16.2 Å². The number of pyridine rings is 1. The lowest BCUT2D eigenvalue weighted by Crippen LogP contribution is -2.38. The first-order valence-electron chi connectivity index (χ1n) is 11.0. The number of aliphatic hydroxyl groups is 1. The van der Waals surface area contributed by atoms with Gasteiger partial charge in [-0.3, -0.25) is 9.78 Å². The quantitative estimate of drug-likeness (QED) is 0.536. The molecule has 0 saturated carbocycles. The van der Waals surface area contributed by atoms with Gasteiger partial charge in [-0.2, -0.15) is 9.61 Å². The van der Waals surface area contributed by atoms with Gasteiger partial charge in [-0.15, -0.1) is 0 Å². The standard InChI is InChI=1S/C23H27FN6O2/c1-11(31)18-19(12-6-14-4-5-15(7-12)28-14)29-22-16(10-27-30(22)21(18)25)13-8-17(24)20(26-9-13)23(2,3)32/h8-10,12,14-15,28,32H,4-7,25H2,1-3H3. The van der Waals surface area contributed by atoms with Crippen LogP contribution in [0.25, 0.3) is 16.8 Å². The molecule has 2 aliphatic heterocycles. The molecule has 5 rings (SSSR count). The number of nitrogens with one attached hydrogen (secondary N) is 1. The Bertz CT molecular complexity index is 1220. The summed E-state index contributed by atoms with van der Waals surface area (Å²) in [6, 6.07) is 2.17. The molecule has 2 saturated heterocycles. The Morgan fingerprint density at radius 3 is 2.56 bits per heavy atom. The van der Waals surface area contributed by atoms with Crippen LogP contribution in [-0.2, 0) is 5.60 Å². The van der Waals surface area contributed by atoms with E-state index in [0.29, 0.717) is 40.1 Å². The van der Waals surface area contributed by atoms with E-state index in [1.54, 1.807) is 6.20 Å². The highest BCUT2D eigenvalue weighted by molar-refractivity contribution is 6.00. The molecule has 9 heteroatoms. The lowest BCUT2D eigenvalue weighted by Gasteiger charge is -2.30. The summed E-state index contributed by atoms with van der Waals surface area (Å²) in [4.78, 5) is 21.6. The number of hydrogen-bond acceptors (Lipinski definition) is 7. The average Bonchev–Trinajstić information content (AvgIpc) is 3.29. The molecule has 4 N–H and O–H groups in total. The molecule has 2 aliphatic rings. The Hall–Kier alpha value is -2.91. The number of aromatic nitrogens is 4. The van der Waals surface area contributed by atoms with Gasteiger partial charge in [0.15, 0.2) is 11.4 Å². The second kappa shape index (κ2) is 7.31. The molecule has 0 aliphatic carbocycles. The first-order valence-corrected chi connectivity index (χ1v) is 11.0. The number of piperidine rings is 1. The molecule has 0 amide bonds. The van der Waals surface area contributed by atoms with E-state index in [1.165, 1.54) is 37.5 Å². The second-order valence-corrected chi connectivity index (χ2v) is 9.53. The van der Waals surface area contributed by atoms with E-state index in [4.69, 9.17) is 10.7 Å². The van der Waals surface area contributed by atoms with Crippen LogP contribution in [0.3, 0.4) is 0 Å². The fraction of sp³-hybridized carbons (Fsp3) is 0.478. The largest absolute Gasteiger partial charge is 0.384 e. The smallest absolute Gasteiger partial charge is 0.165 e. The third-order valence-corrected chi connectivity index (χ3v) is 6.65. The van der Waals surface area contributed by atoms with Gasteiger partial charge in [-0.1, -0.05) is 0 Å². The number of carbonyl (C=O) groups is 1. The van der Waals surface area contributed by atoms with E-state index >= 15 is 0 Å². The van der Waals surface area contributed by atoms with Gasteiger partial charge in [0, 0.05) is 35.3 Å². The number of Topliss-reactive ketones (excluding diaryl/α,β-unsaturated/α-hetero) is 1. The molecule has 8 nitrogen and oxygen atoms in total. The minimum Gasteiger partial charge on any atom is -0.384 e. The van der Waals surface area contributed by atoms with E-state index in [-0.39, 0.29) is 23.2 Å². The van der Waals surface area contributed by atoms with Crippen molar-refractivity contribution in [2.45, 2.75) is 70.1 Å². The van der Waals surface area contributed by atoms with Gasteiger partial charge >= 0.3 is 0 Å². The van der Waals surface area contributed by atoms with Crippen molar-refractivity contribution in [1.29, 1.82) is 0 Å². The first kappa shape index (κ1) is 21.0. The Labute approximate surface area is 185 Å². The molecule has 2 fully saturated rings. The first-order chi connectivity index (χ1) is 15.1. The average molecular weight is 439 g/mol. The number of anilines is 1. The molecular formula is C23H27FN6O2. The van der Waals surface area contributed by atoms with Crippen LogP contribution in [0.1, 0.15) is 74.1 Å². The highest BCUT2D eigenvalue weighted by Crippen LogP contribution is 2.40. The molecule has 2 atom stereocenters. The highest BCUT2D eigenvalue weighted by atomic mass is 19.1. The van der Waals surface area contributed by atoms with Gasteiger partial charge in [0.25, 0.3) is 0 Å². The van der Waals surface area contributed by atoms with Crippen molar-refractivity contribution in [3.05, 3.63) is 41.2 Å². The lowest BCUT2D eigenvalue weighted by atomic mass is 9.86. The predicted molar refractivity (Wildman–Crippen MR) is 118 cm³/mol. The zero-order valence-corrected chi connectivity index (χ0v) is 18.4. The topological polar surface area (TPSA) is 118 Å². The molecule has 3 aromatic rings. The summed E-state index contributed by atoms with van der Waals surface area (Å²) in [5.41, 5.74) is 7.61. The zero-order chi connectivity index (χ0) is 22.8. The summed E-state index contributed by atoms with van der Waals surface area (Å²) in [7, 11) is 0. The minimum absolute atomic E-state index is 0.0325. The Morgan fingerprint density at radius 2 is 1.97 bits per heavy atom. The van der Waals surface area contributed by atoms with Gasteiger partial charge in [-0.25, -0.2) is 9.37 Å². The fourth-order valence-electron chi connectivity index (χ4n) is 5.21. The van der Waals surface area contributed by atoms with Crippen molar-refractivity contribution in [1.82, 2.24) is 24.9 Å². The third-order valence-electron chi connectivity index (χ3n) is 6.65. The van der Waals surface area contributed by atoms with Crippen LogP contribution >= 0.6 is 0 Å². The Kier molecular flexibility index (Phi) is 4.79. The number of halogens is 1. The molecule has 2 unspecified atom stereocenters. The maximum absolute atomic E-state index is 14.7. The van der Waals surface area contributed by atoms with Crippen molar-refractivity contribution < 1.29 is 14.3 Å². The molecule has 3 aromatic heterocycles. The molecule has 168 valence electrons. The number of nitrogens with two attached hydrogens (primary N) is 1. The number of ketones is 1. The summed E-state index contributed by atoms with van der Waals surface area (Å²) in [5, 5.41) is 18.1. The summed E-state index contributed by atoms with van der Waals surface area (Å²) >= 11 is 0. The monoisotopic (exact) mass is 438 g/mol. The van der Waals surface area contributed by atoms with E-state index in [9.17, 15) is 14.3 Å². The summed E-state index contributed by atoms with van der Waals surface area (Å²) in [6.45, 7) is 4.46. The highest BCUT2D eigenvalue weighted by Gasteiger charge is 2.37. The number of hydrogen-bond donors (Lipinski definition) is 3. The normalized spacial score (nSPS) is 23.1. The van der Waals surface area contributed by atoms with E-state index in [0.717, 1.165) is 25.7 Å². The number of nitrogen functional groups attached to an aromatic ring is 1. The molecule has 32 heavy (non-hydrogen) atoms.